The summed E-state index contributed by atoms with van der Waals surface area (Å²) in [6.45, 7) is 2.50. The fraction of sp³-hybridized carbons (Fsp3) is 0.467. The van der Waals surface area contributed by atoms with E-state index < -0.39 is 5.60 Å². The Balaban J connectivity index is 2.08. The molecule has 1 aliphatic rings. The first-order valence-electron chi connectivity index (χ1n) is 6.30. The van der Waals surface area contributed by atoms with Crippen LogP contribution < -0.4 is 4.74 Å². The molecular weight excluding hydrogens is 228 g/mol. The van der Waals surface area contributed by atoms with E-state index in [2.05, 4.69) is 0 Å². The normalized spacial score (nSPS) is 18.5. The standard InChI is InChI=1S/C15H20O3/c1-15(16,14-5-3-4-10-18-14)11-12-6-8-13(17-2)9-7-12/h5-9,16H,3-4,10-11H2,1-2H3. The first-order chi connectivity index (χ1) is 8.62. The van der Waals surface area contributed by atoms with Gasteiger partial charge < -0.3 is 14.6 Å². The maximum atomic E-state index is 10.5. The van der Waals surface area contributed by atoms with Crippen LogP contribution in [0.2, 0.25) is 0 Å². The second-order valence-corrected chi connectivity index (χ2v) is 4.86. The van der Waals surface area contributed by atoms with Crippen molar-refractivity contribution in [1.29, 1.82) is 0 Å². The van der Waals surface area contributed by atoms with Crippen LogP contribution in [0.4, 0.5) is 0 Å². The fourth-order valence-corrected chi connectivity index (χ4v) is 2.16. The molecule has 0 bridgehead atoms. The fourth-order valence-electron chi connectivity index (χ4n) is 2.16. The number of rotatable bonds is 4. The molecule has 1 atom stereocenters. The van der Waals surface area contributed by atoms with E-state index in [4.69, 9.17) is 9.47 Å². The summed E-state index contributed by atoms with van der Waals surface area (Å²) in [5, 5.41) is 10.5. The van der Waals surface area contributed by atoms with Gasteiger partial charge in [0.15, 0.2) is 0 Å². The molecular formula is C15H20O3. The summed E-state index contributed by atoms with van der Waals surface area (Å²) in [5.41, 5.74) is 0.130. The summed E-state index contributed by atoms with van der Waals surface area (Å²) in [4.78, 5) is 0. The average Bonchev–Trinajstić information content (AvgIpc) is 2.40. The van der Waals surface area contributed by atoms with Crippen LogP contribution in [-0.2, 0) is 11.2 Å². The molecule has 0 aromatic heterocycles. The van der Waals surface area contributed by atoms with Crippen LogP contribution in [-0.4, -0.2) is 24.4 Å². The number of allylic oxidation sites excluding steroid dienone is 1. The molecule has 0 radical (unpaired) electrons. The highest BCUT2D eigenvalue weighted by molar-refractivity contribution is 5.29. The van der Waals surface area contributed by atoms with Crippen molar-refractivity contribution in [2.75, 3.05) is 13.7 Å². The zero-order valence-electron chi connectivity index (χ0n) is 11.0. The molecule has 1 aromatic carbocycles. The lowest BCUT2D eigenvalue weighted by Gasteiger charge is -2.29. The first kappa shape index (κ1) is 13.0. The monoisotopic (exact) mass is 248 g/mol. The van der Waals surface area contributed by atoms with E-state index in [1.807, 2.05) is 30.3 Å². The molecule has 98 valence electrons. The van der Waals surface area contributed by atoms with E-state index in [1.54, 1.807) is 14.0 Å². The van der Waals surface area contributed by atoms with Crippen molar-refractivity contribution in [2.24, 2.45) is 0 Å². The SMILES string of the molecule is COc1ccc(CC(C)(O)C2=CCCCO2)cc1. The van der Waals surface area contributed by atoms with Gasteiger partial charge in [-0.2, -0.15) is 0 Å². The minimum Gasteiger partial charge on any atom is -0.497 e. The molecule has 0 amide bonds. The summed E-state index contributed by atoms with van der Waals surface area (Å²) in [7, 11) is 1.64. The van der Waals surface area contributed by atoms with Crippen LogP contribution in [0.3, 0.4) is 0 Å². The van der Waals surface area contributed by atoms with Crippen molar-refractivity contribution in [3.63, 3.8) is 0 Å². The van der Waals surface area contributed by atoms with Gasteiger partial charge in [-0.1, -0.05) is 12.1 Å². The molecule has 0 spiro atoms. The van der Waals surface area contributed by atoms with Gasteiger partial charge in [-0.25, -0.2) is 0 Å². The van der Waals surface area contributed by atoms with E-state index in [-0.39, 0.29) is 0 Å². The minimum atomic E-state index is -0.936. The third-order valence-corrected chi connectivity index (χ3v) is 3.17. The molecule has 0 saturated heterocycles. The third kappa shape index (κ3) is 3.05. The van der Waals surface area contributed by atoms with Crippen molar-refractivity contribution >= 4 is 0 Å². The smallest absolute Gasteiger partial charge is 0.124 e. The molecule has 0 saturated carbocycles. The van der Waals surface area contributed by atoms with Crippen LogP contribution in [0.15, 0.2) is 36.1 Å². The maximum absolute atomic E-state index is 10.5. The van der Waals surface area contributed by atoms with Crippen molar-refractivity contribution in [1.82, 2.24) is 0 Å². The Morgan fingerprint density at radius 3 is 2.61 bits per heavy atom. The quantitative estimate of drug-likeness (QED) is 0.890. The Kier molecular flexibility index (Phi) is 3.92. The molecule has 1 unspecified atom stereocenters. The van der Waals surface area contributed by atoms with Crippen LogP contribution in [0.5, 0.6) is 5.75 Å². The summed E-state index contributed by atoms with van der Waals surface area (Å²) in [5.74, 6) is 1.52. The molecule has 3 heteroatoms. The molecule has 0 fully saturated rings. The maximum Gasteiger partial charge on any atom is 0.124 e. The number of benzene rings is 1. The number of methoxy groups -OCH3 is 1. The lowest BCUT2D eigenvalue weighted by molar-refractivity contribution is 0.0185. The summed E-state index contributed by atoms with van der Waals surface area (Å²) in [6.07, 6.45) is 4.55. The van der Waals surface area contributed by atoms with Gasteiger partial charge in [0.1, 0.15) is 17.1 Å². The van der Waals surface area contributed by atoms with Gasteiger partial charge in [0.05, 0.1) is 13.7 Å². The predicted octanol–water partition coefficient (Wildman–Crippen LogP) is 2.68. The second-order valence-electron chi connectivity index (χ2n) is 4.86. The van der Waals surface area contributed by atoms with Crippen LogP contribution in [0.1, 0.15) is 25.3 Å². The lowest BCUT2D eigenvalue weighted by atomic mass is 9.93. The van der Waals surface area contributed by atoms with Crippen molar-refractivity contribution in [2.45, 2.75) is 31.8 Å². The topological polar surface area (TPSA) is 38.7 Å². The predicted molar refractivity (Wildman–Crippen MR) is 70.6 cm³/mol. The molecule has 3 nitrogen and oxygen atoms in total. The zero-order chi connectivity index (χ0) is 13.0. The van der Waals surface area contributed by atoms with Gasteiger partial charge in [0.2, 0.25) is 0 Å². The largest absolute Gasteiger partial charge is 0.497 e. The van der Waals surface area contributed by atoms with Gasteiger partial charge >= 0.3 is 0 Å². The number of aliphatic hydroxyl groups is 1. The highest BCUT2D eigenvalue weighted by atomic mass is 16.5. The Morgan fingerprint density at radius 2 is 2.06 bits per heavy atom. The number of hydrogen-bond acceptors (Lipinski definition) is 3. The first-order valence-corrected chi connectivity index (χ1v) is 6.30. The number of hydrogen-bond donors (Lipinski definition) is 1. The Labute approximate surface area is 108 Å². The second kappa shape index (κ2) is 5.44. The van der Waals surface area contributed by atoms with Gasteiger partial charge in [0, 0.05) is 6.42 Å². The van der Waals surface area contributed by atoms with Crippen LogP contribution >= 0.6 is 0 Å². The molecule has 18 heavy (non-hydrogen) atoms. The van der Waals surface area contributed by atoms with E-state index in [0.29, 0.717) is 18.8 Å². The minimum absolute atomic E-state index is 0.544. The van der Waals surface area contributed by atoms with Gasteiger partial charge in [-0.3, -0.25) is 0 Å². The van der Waals surface area contributed by atoms with Crippen LogP contribution in [0, 0.1) is 0 Å². The van der Waals surface area contributed by atoms with Crippen molar-refractivity contribution < 1.29 is 14.6 Å². The van der Waals surface area contributed by atoms with E-state index >= 15 is 0 Å². The lowest BCUT2D eigenvalue weighted by Crippen LogP contribution is -2.32. The average molecular weight is 248 g/mol. The van der Waals surface area contributed by atoms with Gasteiger partial charge in [0.25, 0.3) is 0 Å². The molecule has 1 aromatic rings. The highest BCUT2D eigenvalue weighted by Gasteiger charge is 2.29. The Bertz CT molecular complexity index is 418. The molecule has 1 N–H and O–H groups in total. The van der Waals surface area contributed by atoms with Crippen LogP contribution in [0.25, 0.3) is 0 Å². The Hall–Kier alpha value is -1.48. The summed E-state index contributed by atoms with van der Waals surface area (Å²) in [6, 6.07) is 7.75. The molecule has 0 aliphatic carbocycles. The van der Waals surface area contributed by atoms with E-state index in [1.165, 1.54) is 0 Å². The molecule has 1 heterocycles. The number of ether oxygens (including phenoxy) is 2. The highest BCUT2D eigenvalue weighted by Crippen LogP contribution is 2.26. The third-order valence-electron chi connectivity index (χ3n) is 3.17. The Morgan fingerprint density at radius 1 is 1.33 bits per heavy atom. The summed E-state index contributed by atoms with van der Waals surface area (Å²) < 4.78 is 10.7. The molecule has 1 aliphatic heterocycles. The molecule has 2 rings (SSSR count). The van der Waals surface area contributed by atoms with Crippen molar-refractivity contribution in [3.8, 4) is 5.75 Å². The summed E-state index contributed by atoms with van der Waals surface area (Å²) >= 11 is 0. The van der Waals surface area contributed by atoms with E-state index in [9.17, 15) is 5.11 Å². The van der Waals surface area contributed by atoms with Crippen molar-refractivity contribution in [3.05, 3.63) is 41.7 Å². The van der Waals surface area contributed by atoms with E-state index in [0.717, 1.165) is 24.2 Å². The zero-order valence-corrected chi connectivity index (χ0v) is 11.0. The van der Waals surface area contributed by atoms with Gasteiger partial charge in [-0.05, 0) is 43.5 Å². The van der Waals surface area contributed by atoms with Gasteiger partial charge in [-0.15, -0.1) is 0 Å².